The van der Waals surface area contributed by atoms with E-state index in [4.69, 9.17) is 15.5 Å². The molecule has 4 aromatic rings. The third-order valence-corrected chi connectivity index (χ3v) is 5.69. The normalized spacial score (nSPS) is 12.1. The van der Waals surface area contributed by atoms with E-state index in [1.54, 1.807) is 0 Å². The Balaban J connectivity index is 1.23. The fourth-order valence-corrected chi connectivity index (χ4v) is 3.67. The van der Waals surface area contributed by atoms with Gasteiger partial charge in [-0.15, -0.1) is 6.42 Å². The summed E-state index contributed by atoms with van der Waals surface area (Å²) in [6.45, 7) is 0.704. The van der Waals surface area contributed by atoms with Crippen LogP contribution in [-0.2, 0) is 22.3 Å². The lowest BCUT2D eigenvalue weighted by Crippen LogP contribution is -1.92. The molecule has 0 fully saturated rings. The van der Waals surface area contributed by atoms with Gasteiger partial charge in [-0.05, 0) is 65.3 Å². The maximum atomic E-state index is 5.80. The summed E-state index contributed by atoms with van der Waals surface area (Å²) in [5, 5.41) is 16.9. The molecule has 0 heterocycles. The van der Waals surface area contributed by atoms with Gasteiger partial charge in [-0.25, -0.2) is 0 Å². The van der Waals surface area contributed by atoms with Crippen molar-refractivity contribution in [2.24, 2.45) is 20.5 Å². The Morgan fingerprint density at radius 1 is 0.514 bits per heavy atom. The number of terminal acetylenes is 1. The van der Waals surface area contributed by atoms with Crippen molar-refractivity contribution in [3.8, 4) is 12.1 Å². The molecule has 0 atom stereocenters. The first-order valence-corrected chi connectivity index (χ1v) is 12.1. The van der Waals surface area contributed by atoms with Crippen LogP contribution in [0, 0.1) is 12.1 Å². The molecule has 0 amide bonds. The van der Waals surface area contributed by atoms with E-state index in [0.29, 0.717) is 13.2 Å². The van der Waals surface area contributed by atoms with Crippen LogP contribution in [-0.4, -0.2) is 0 Å². The molecule has 0 aliphatic rings. The van der Waals surface area contributed by atoms with E-state index >= 15 is 0 Å². The van der Waals surface area contributed by atoms with Gasteiger partial charge < -0.3 is 9.05 Å². The molecule has 0 bridgehead atoms. The lowest BCUT2D eigenvalue weighted by atomic mass is 10.2. The van der Waals surface area contributed by atoms with Gasteiger partial charge in [0.1, 0.15) is 0 Å². The van der Waals surface area contributed by atoms with Crippen molar-refractivity contribution in [1.82, 2.24) is 0 Å². The van der Waals surface area contributed by atoms with Crippen LogP contribution in [0.5, 0.6) is 0 Å². The molecule has 0 unspecified atom stereocenters. The second-order valence-corrected chi connectivity index (χ2v) is 8.63. The van der Waals surface area contributed by atoms with Crippen LogP contribution in [0.25, 0.3) is 0 Å². The summed E-state index contributed by atoms with van der Waals surface area (Å²) in [5.41, 5.74) is 7.69. The summed E-state index contributed by atoms with van der Waals surface area (Å²) in [6, 6.07) is 34.5. The molecule has 35 heavy (non-hydrogen) atoms. The zero-order valence-corrected chi connectivity index (χ0v) is 19.8. The van der Waals surface area contributed by atoms with Gasteiger partial charge in [-0.2, -0.15) is 20.5 Å². The Morgan fingerprint density at radius 2 is 0.857 bits per heavy atom. The molecule has 0 aromatic heterocycles. The van der Waals surface area contributed by atoms with Crippen molar-refractivity contribution < 1.29 is 9.05 Å². The first-order chi connectivity index (χ1) is 17.3. The zero-order valence-electron chi connectivity index (χ0n) is 18.9. The van der Waals surface area contributed by atoms with E-state index in [-0.39, 0.29) is 0 Å². The second kappa shape index (κ2) is 13.0. The molecule has 7 heteroatoms. The standard InChI is InChI=1S/C28H23N4O2P/c1-2-35(33-21-23-13-17-27(18-14-23)31-29-25-9-5-3-6-10-25)34-22-24-15-19-28(20-16-24)32-30-26-11-7-4-8-12-26/h1,3-20H,21-22H2. The number of hydrogen-bond acceptors (Lipinski definition) is 6. The average molecular weight is 478 g/mol. The monoisotopic (exact) mass is 478 g/mol. The third kappa shape index (κ3) is 8.06. The average Bonchev–Trinajstić information content (AvgIpc) is 2.93. The Kier molecular flexibility index (Phi) is 8.98. The smallest absolute Gasteiger partial charge is 0.257 e. The Morgan fingerprint density at radius 3 is 1.20 bits per heavy atom. The second-order valence-electron chi connectivity index (χ2n) is 7.34. The van der Waals surface area contributed by atoms with Crippen LogP contribution in [0.3, 0.4) is 0 Å². The molecule has 0 N–H and O–H groups in total. The van der Waals surface area contributed by atoms with Gasteiger partial charge in [-0.3, -0.25) is 0 Å². The minimum absolute atomic E-state index is 0.352. The van der Waals surface area contributed by atoms with E-state index in [1.807, 2.05) is 109 Å². The zero-order chi connectivity index (χ0) is 24.1. The van der Waals surface area contributed by atoms with E-state index in [1.165, 1.54) is 0 Å². The number of nitrogens with zero attached hydrogens (tertiary/aromatic N) is 4. The highest BCUT2D eigenvalue weighted by Gasteiger charge is 2.08. The van der Waals surface area contributed by atoms with Crippen LogP contribution < -0.4 is 0 Å². The molecule has 4 aromatic carbocycles. The summed E-state index contributed by atoms with van der Waals surface area (Å²) >= 11 is 0. The lowest BCUT2D eigenvalue weighted by molar-refractivity contribution is 0.243. The number of hydrogen-bond donors (Lipinski definition) is 0. The van der Waals surface area contributed by atoms with Crippen molar-refractivity contribution in [3.63, 3.8) is 0 Å². The van der Waals surface area contributed by atoms with E-state index < -0.39 is 8.38 Å². The summed E-state index contributed by atoms with van der Waals surface area (Å²) in [5.74, 6) is 0. The molecular formula is C28H23N4O2P. The topological polar surface area (TPSA) is 67.9 Å². The Labute approximate surface area is 206 Å². The molecule has 6 nitrogen and oxygen atoms in total. The van der Waals surface area contributed by atoms with Crippen molar-refractivity contribution in [1.29, 1.82) is 0 Å². The van der Waals surface area contributed by atoms with Crippen LogP contribution >= 0.6 is 8.38 Å². The highest BCUT2D eigenvalue weighted by Crippen LogP contribution is 2.39. The van der Waals surface area contributed by atoms with Crippen LogP contribution in [0.15, 0.2) is 130 Å². The van der Waals surface area contributed by atoms with Crippen molar-refractivity contribution in [3.05, 3.63) is 120 Å². The molecule has 0 spiro atoms. The van der Waals surface area contributed by atoms with Gasteiger partial charge in [0, 0.05) is 0 Å². The lowest BCUT2D eigenvalue weighted by Gasteiger charge is -2.12. The molecule has 0 aliphatic carbocycles. The SMILES string of the molecule is C#CP(OCc1ccc(N=Nc2ccccc2)cc1)OCc1ccc(N=Nc2ccccc2)cc1. The molecule has 0 saturated heterocycles. The molecule has 0 radical (unpaired) electrons. The van der Waals surface area contributed by atoms with Gasteiger partial charge in [0.25, 0.3) is 8.38 Å². The van der Waals surface area contributed by atoms with Crippen LogP contribution in [0.1, 0.15) is 11.1 Å². The van der Waals surface area contributed by atoms with Crippen molar-refractivity contribution in [2.45, 2.75) is 13.2 Å². The first kappa shape index (κ1) is 24.1. The number of rotatable bonds is 10. The fourth-order valence-electron chi connectivity index (χ4n) is 2.92. The predicted molar refractivity (Wildman–Crippen MR) is 139 cm³/mol. The number of azo groups is 2. The molecule has 172 valence electrons. The number of benzene rings is 4. The minimum Gasteiger partial charge on any atom is -0.320 e. The van der Waals surface area contributed by atoms with E-state index in [0.717, 1.165) is 33.9 Å². The molecule has 0 saturated carbocycles. The third-order valence-electron chi connectivity index (χ3n) is 4.75. The summed E-state index contributed by atoms with van der Waals surface area (Å²) in [4.78, 5) is 0. The summed E-state index contributed by atoms with van der Waals surface area (Å²) < 4.78 is 11.6. The Bertz CT molecular complexity index is 1190. The van der Waals surface area contributed by atoms with Gasteiger partial charge in [0.2, 0.25) is 0 Å². The van der Waals surface area contributed by atoms with E-state index in [2.05, 4.69) is 26.1 Å². The summed E-state index contributed by atoms with van der Waals surface area (Å²) in [6.07, 6.45) is 5.61. The highest BCUT2D eigenvalue weighted by atomic mass is 31.2. The van der Waals surface area contributed by atoms with Gasteiger partial charge in [-0.1, -0.05) is 60.7 Å². The molecule has 0 aliphatic heterocycles. The fraction of sp³-hybridized carbons (Fsp3) is 0.0714. The van der Waals surface area contributed by atoms with Gasteiger partial charge in [0.15, 0.2) is 0 Å². The molecule has 4 rings (SSSR count). The maximum Gasteiger partial charge on any atom is 0.257 e. The Hall–Kier alpha value is -4.01. The van der Waals surface area contributed by atoms with Crippen molar-refractivity contribution in [2.75, 3.05) is 0 Å². The minimum atomic E-state index is -1.45. The van der Waals surface area contributed by atoms with Gasteiger partial charge in [0.05, 0.1) is 36.0 Å². The van der Waals surface area contributed by atoms with Crippen molar-refractivity contribution >= 4 is 31.1 Å². The quantitative estimate of drug-likeness (QED) is 0.130. The largest absolute Gasteiger partial charge is 0.320 e. The van der Waals surface area contributed by atoms with Crippen LogP contribution in [0.4, 0.5) is 22.7 Å². The predicted octanol–water partition coefficient (Wildman–Crippen LogP) is 9.15. The maximum absolute atomic E-state index is 5.80. The van der Waals surface area contributed by atoms with Gasteiger partial charge >= 0.3 is 0 Å². The highest BCUT2D eigenvalue weighted by molar-refractivity contribution is 7.52. The summed E-state index contributed by atoms with van der Waals surface area (Å²) in [7, 11) is -1.45. The first-order valence-electron chi connectivity index (χ1n) is 10.9. The molecular weight excluding hydrogens is 455 g/mol. The van der Waals surface area contributed by atoms with E-state index in [9.17, 15) is 0 Å². The van der Waals surface area contributed by atoms with Crippen LogP contribution in [0.2, 0.25) is 0 Å².